The molecule has 1 aliphatic carbocycles. The van der Waals surface area contributed by atoms with E-state index in [1.165, 1.54) is 17.5 Å². The maximum absolute atomic E-state index is 2.30. The molecule has 1 heteroatoms. The van der Waals surface area contributed by atoms with Gasteiger partial charge in [-0.3, -0.25) is 0 Å². The Morgan fingerprint density at radius 1 is 1.33 bits per heavy atom. The summed E-state index contributed by atoms with van der Waals surface area (Å²) in [7, 11) is 0. The molecule has 0 radical (unpaired) electrons. The van der Waals surface area contributed by atoms with Gasteiger partial charge < -0.3 is 1.43 Å². The van der Waals surface area contributed by atoms with Gasteiger partial charge in [0, 0.05) is 5.92 Å². The summed E-state index contributed by atoms with van der Waals surface area (Å²) in [5, 5.41) is 0. The number of hydrogen-bond donors (Lipinski definition) is 0. The van der Waals surface area contributed by atoms with Crippen molar-refractivity contribution in [1.82, 2.24) is 0 Å². The van der Waals surface area contributed by atoms with Crippen molar-refractivity contribution in [3.05, 3.63) is 41.5 Å². The fourth-order valence-corrected chi connectivity index (χ4v) is 1.68. The van der Waals surface area contributed by atoms with Gasteiger partial charge in [-0.2, -0.15) is 0 Å². The molecule has 0 bridgehead atoms. The molecule has 0 amide bonds. The summed E-state index contributed by atoms with van der Waals surface area (Å²) in [6.07, 6.45) is 5.74. The first-order valence-electron chi connectivity index (χ1n) is 4.19. The molecular formula is C11H13K. The number of benzene rings is 1. The first-order valence-corrected chi connectivity index (χ1v) is 4.19. The van der Waals surface area contributed by atoms with Crippen molar-refractivity contribution in [3.8, 4) is 0 Å². The van der Waals surface area contributed by atoms with Gasteiger partial charge in [0.2, 0.25) is 0 Å². The predicted molar refractivity (Wildman–Crippen MR) is 49.6 cm³/mol. The van der Waals surface area contributed by atoms with Gasteiger partial charge in [0.25, 0.3) is 0 Å². The molecule has 58 valence electrons. The van der Waals surface area contributed by atoms with E-state index in [4.69, 9.17) is 0 Å². The molecule has 0 spiro atoms. The normalized spacial score (nSPS) is 18.6. The SMILES string of the molecule is CCC1C=Cc2ccccc21.[H-].[K+]. The summed E-state index contributed by atoms with van der Waals surface area (Å²) >= 11 is 0. The zero-order chi connectivity index (χ0) is 7.68. The second-order valence-electron chi connectivity index (χ2n) is 3.00. The first-order chi connectivity index (χ1) is 5.42. The van der Waals surface area contributed by atoms with Gasteiger partial charge in [0.15, 0.2) is 0 Å². The van der Waals surface area contributed by atoms with Crippen LogP contribution in [-0.4, -0.2) is 0 Å². The number of allylic oxidation sites excluding steroid dienone is 1. The van der Waals surface area contributed by atoms with E-state index in [0.717, 1.165) is 0 Å². The molecule has 1 aromatic carbocycles. The molecule has 0 nitrogen and oxygen atoms in total. The summed E-state index contributed by atoms with van der Waals surface area (Å²) in [5.74, 6) is 0.672. The van der Waals surface area contributed by atoms with E-state index in [2.05, 4.69) is 43.3 Å². The van der Waals surface area contributed by atoms with Gasteiger partial charge in [0.1, 0.15) is 0 Å². The minimum atomic E-state index is 0. The van der Waals surface area contributed by atoms with Gasteiger partial charge in [-0.1, -0.05) is 43.3 Å². The van der Waals surface area contributed by atoms with Crippen LogP contribution in [0.1, 0.15) is 31.8 Å². The average Bonchev–Trinajstić information content (AvgIpc) is 2.47. The van der Waals surface area contributed by atoms with Crippen LogP contribution >= 0.6 is 0 Å². The predicted octanol–water partition coefficient (Wildman–Crippen LogP) is 0.323. The zero-order valence-electron chi connectivity index (χ0n) is 8.75. The molecule has 0 aliphatic heterocycles. The van der Waals surface area contributed by atoms with Crippen LogP contribution in [0.4, 0.5) is 0 Å². The Balaban J connectivity index is 0.000000720. The molecule has 0 N–H and O–H groups in total. The van der Waals surface area contributed by atoms with Crippen molar-refractivity contribution < 1.29 is 52.8 Å². The fraction of sp³-hybridized carbons (Fsp3) is 0.273. The molecule has 1 aliphatic rings. The van der Waals surface area contributed by atoms with Crippen LogP contribution in [0.2, 0.25) is 0 Å². The second kappa shape index (κ2) is 4.73. The molecule has 1 aromatic rings. The minimum Gasteiger partial charge on any atom is -1.00 e. The van der Waals surface area contributed by atoms with Crippen molar-refractivity contribution in [3.63, 3.8) is 0 Å². The molecule has 0 fully saturated rings. The van der Waals surface area contributed by atoms with E-state index >= 15 is 0 Å². The Morgan fingerprint density at radius 3 is 2.83 bits per heavy atom. The summed E-state index contributed by atoms with van der Waals surface area (Å²) in [6, 6.07) is 8.63. The Hall–Kier alpha value is 0.596. The van der Waals surface area contributed by atoms with Crippen LogP contribution in [0.25, 0.3) is 6.08 Å². The Bertz CT molecular complexity index is 294. The summed E-state index contributed by atoms with van der Waals surface area (Å²) in [6.45, 7) is 2.23. The van der Waals surface area contributed by atoms with Gasteiger partial charge >= 0.3 is 51.4 Å². The van der Waals surface area contributed by atoms with E-state index < -0.39 is 0 Å². The van der Waals surface area contributed by atoms with Gasteiger partial charge in [-0.05, 0) is 17.5 Å². The van der Waals surface area contributed by atoms with E-state index in [0.29, 0.717) is 5.92 Å². The van der Waals surface area contributed by atoms with Crippen molar-refractivity contribution in [2.75, 3.05) is 0 Å². The van der Waals surface area contributed by atoms with Crippen molar-refractivity contribution in [2.24, 2.45) is 0 Å². The fourth-order valence-electron chi connectivity index (χ4n) is 1.68. The van der Waals surface area contributed by atoms with Gasteiger partial charge in [0.05, 0.1) is 0 Å². The molecule has 1 atom stereocenters. The largest absolute Gasteiger partial charge is 1.00 e. The van der Waals surface area contributed by atoms with Crippen LogP contribution in [0, 0.1) is 0 Å². The summed E-state index contributed by atoms with van der Waals surface area (Å²) < 4.78 is 0. The molecular weight excluding hydrogens is 171 g/mol. The minimum absolute atomic E-state index is 0. The van der Waals surface area contributed by atoms with E-state index in [9.17, 15) is 0 Å². The molecule has 0 heterocycles. The maximum Gasteiger partial charge on any atom is 1.00 e. The third-order valence-electron chi connectivity index (χ3n) is 2.34. The van der Waals surface area contributed by atoms with E-state index in [1.54, 1.807) is 0 Å². The van der Waals surface area contributed by atoms with Crippen molar-refractivity contribution >= 4 is 6.08 Å². The number of hydrogen-bond acceptors (Lipinski definition) is 0. The van der Waals surface area contributed by atoms with Crippen LogP contribution in [0.3, 0.4) is 0 Å². The zero-order valence-corrected chi connectivity index (χ0v) is 10.9. The Kier molecular flexibility index (Phi) is 4.21. The van der Waals surface area contributed by atoms with Crippen molar-refractivity contribution in [2.45, 2.75) is 19.3 Å². The monoisotopic (exact) mass is 184 g/mol. The summed E-state index contributed by atoms with van der Waals surface area (Å²) in [5.41, 5.74) is 2.90. The molecule has 0 saturated carbocycles. The average molecular weight is 184 g/mol. The molecule has 0 aromatic heterocycles. The third kappa shape index (κ3) is 1.91. The van der Waals surface area contributed by atoms with Crippen LogP contribution in [0.5, 0.6) is 0 Å². The Labute approximate surface area is 118 Å². The maximum atomic E-state index is 2.30. The van der Waals surface area contributed by atoms with Crippen LogP contribution < -0.4 is 51.4 Å². The van der Waals surface area contributed by atoms with Crippen LogP contribution in [-0.2, 0) is 0 Å². The third-order valence-corrected chi connectivity index (χ3v) is 2.34. The van der Waals surface area contributed by atoms with Crippen molar-refractivity contribution in [1.29, 1.82) is 0 Å². The summed E-state index contributed by atoms with van der Waals surface area (Å²) in [4.78, 5) is 0. The number of rotatable bonds is 1. The van der Waals surface area contributed by atoms with E-state index in [1.807, 2.05) is 0 Å². The molecule has 2 rings (SSSR count). The van der Waals surface area contributed by atoms with Gasteiger partial charge in [-0.25, -0.2) is 0 Å². The molecule has 12 heavy (non-hydrogen) atoms. The smallest absolute Gasteiger partial charge is 1.00 e. The quantitative estimate of drug-likeness (QED) is 0.552. The van der Waals surface area contributed by atoms with Crippen LogP contribution in [0.15, 0.2) is 30.3 Å². The first kappa shape index (κ1) is 10.7. The standard InChI is InChI=1S/C11H12.K.H/c1-2-9-7-8-10-5-3-4-6-11(9)10;;/h3-9H,2H2,1H3;;/q;+1;-1. The molecule has 0 saturated heterocycles. The Morgan fingerprint density at radius 2 is 2.08 bits per heavy atom. The second-order valence-corrected chi connectivity index (χ2v) is 3.00. The topological polar surface area (TPSA) is 0 Å². The molecule has 1 unspecified atom stereocenters. The number of fused-ring (bicyclic) bond motifs is 1. The van der Waals surface area contributed by atoms with E-state index in [-0.39, 0.29) is 52.8 Å². The van der Waals surface area contributed by atoms with Gasteiger partial charge in [-0.15, -0.1) is 0 Å².